The molecule has 1 aliphatic heterocycles. The maximum absolute atomic E-state index is 13.2. The van der Waals surface area contributed by atoms with Crippen LogP contribution in [0, 0.1) is 5.82 Å². The van der Waals surface area contributed by atoms with Gasteiger partial charge in [0, 0.05) is 17.6 Å². The molecule has 1 N–H and O–H groups in total. The Morgan fingerprint density at radius 2 is 2.05 bits per heavy atom. The minimum absolute atomic E-state index is 0.185. The van der Waals surface area contributed by atoms with Crippen LogP contribution in [0.5, 0.6) is 0 Å². The third-order valence-corrected chi connectivity index (χ3v) is 5.57. The van der Waals surface area contributed by atoms with E-state index < -0.39 is 0 Å². The van der Waals surface area contributed by atoms with E-state index in [1.807, 2.05) is 0 Å². The van der Waals surface area contributed by atoms with Crippen LogP contribution in [0.1, 0.15) is 50.5 Å². The largest absolute Gasteiger partial charge is 0.370 e. The van der Waals surface area contributed by atoms with Crippen molar-refractivity contribution >= 4 is 15.9 Å². The molecule has 3 rings (SSSR count). The molecule has 2 nitrogen and oxygen atoms in total. The number of nitrogens with one attached hydrogen (secondary N) is 1. The highest BCUT2D eigenvalue weighted by molar-refractivity contribution is 9.10. The van der Waals surface area contributed by atoms with Crippen molar-refractivity contribution in [2.75, 3.05) is 6.54 Å². The second-order valence-corrected chi connectivity index (χ2v) is 7.24. The quantitative estimate of drug-likeness (QED) is 0.854. The molecule has 2 aliphatic rings. The lowest BCUT2D eigenvalue weighted by Gasteiger charge is -2.33. The number of ether oxygens (including phenoxy) is 1. The van der Waals surface area contributed by atoms with Gasteiger partial charge in [0.15, 0.2) is 0 Å². The first-order chi connectivity index (χ1) is 10.2. The van der Waals surface area contributed by atoms with Gasteiger partial charge in [-0.2, -0.15) is 0 Å². The molecule has 1 heterocycles. The maximum atomic E-state index is 13.2. The van der Waals surface area contributed by atoms with Gasteiger partial charge in [-0.3, -0.25) is 0 Å². The molecule has 0 bridgehead atoms. The Kier molecular flexibility index (Phi) is 4.97. The number of halogens is 2. The molecule has 1 atom stereocenters. The van der Waals surface area contributed by atoms with Gasteiger partial charge < -0.3 is 10.1 Å². The van der Waals surface area contributed by atoms with Gasteiger partial charge in [-0.05, 0) is 49.4 Å². The van der Waals surface area contributed by atoms with E-state index in [1.165, 1.54) is 44.6 Å². The molecule has 1 aromatic rings. The molecular weight excluding hydrogens is 333 g/mol. The zero-order valence-electron chi connectivity index (χ0n) is 12.3. The Balaban J connectivity index is 1.47. The Morgan fingerprint density at radius 1 is 1.24 bits per heavy atom. The summed E-state index contributed by atoms with van der Waals surface area (Å²) < 4.78 is 20.5. The van der Waals surface area contributed by atoms with Crippen LogP contribution < -0.4 is 5.32 Å². The van der Waals surface area contributed by atoms with Crippen molar-refractivity contribution in [3.05, 3.63) is 34.1 Å². The highest BCUT2D eigenvalue weighted by atomic mass is 79.9. The highest BCUT2D eigenvalue weighted by Gasteiger charge is 2.40. The fraction of sp³-hybridized carbons (Fsp3) is 0.647. The van der Waals surface area contributed by atoms with Crippen molar-refractivity contribution in [2.24, 2.45) is 0 Å². The monoisotopic (exact) mass is 355 g/mol. The lowest BCUT2D eigenvalue weighted by Crippen LogP contribution is -2.34. The number of rotatable bonds is 4. The van der Waals surface area contributed by atoms with Crippen LogP contribution >= 0.6 is 15.9 Å². The summed E-state index contributed by atoms with van der Waals surface area (Å²) in [5.41, 5.74) is 1.14. The third kappa shape index (κ3) is 3.85. The first-order valence-corrected chi connectivity index (χ1v) is 8.79. The Morgan fingerprint density at radius 3 is 2.86 bits per heavy atom. The fourth-order valence-electron chi connectivity index (χ4n) is 3.65. The molecule has 116 valence electrons. The molecule has 1 saturated carbocycles. The Bertz CT molecular complexity index is 488. The second-order valence-electron chi connectivity index (χ2n) is 6.39. The standard InChI is InChI=1S/C17H23BrFNO/c18-16-5-4-14(19)10-13(16)11-20-12-15-6-9-17(21-15)7-2-1-3-8-17/h4-5,10,15,20H,1-3,6-9,11-12H2. The van der Waals surface area contributed by atoms with E-state index in [9.17, 15) is 4.39 Å². The average molecular weight is 356 g/mol. The molecule has 1 spiro atoms. The number of benzene rings is 1. The van der Waals surface area contributed by atoms with Gasteiger partial charge in [0.2, 0.25) is 0 Å². The van der Waals surface area contributed by atoms with Gasteiger partial charge in [-0.25, -0.2) is 4.39 Å². The Labute approximate surface area is 134 Å². The SMILES string of the molecule is Fc1ccc(Br)c(CNCC2CCC3(CCCCC3)O2)c1. The molecule has 1 unspecified atom stereocenters. The van der Waals surface area contributed by atoms with E-state index in [0.717, 1.165) is 23.0 Å². The van der Waals surface area contributed by atoms with E-state index in [2.05, 4.69) is 21.2 Å². The normalized spacial score (nSPS) is 24.6. The third-order valence-electron chi connectivity index (χ3n) is 4.80. The summed E-state index contributed by atoms with van der Waals surface area (Å²) in [5, 5.41) is 3.41. The van der Waals surface area contributed by atoms with E-state index in [0.29, 0.717) is 12.6 Å². The summed E-state index contributed by atoms with van der Waals surface area (Å²) >= 11 is 3.46. The summed E-state index contributed by atoms with van der Waals surface area (Å²) in [6.07, 6.45) is 9.14. The minimum atomic E-state index is -0.187. The van der Waals surface area contributed by atoms with Crippen LogP contribution in [0.2, 0.25) is 0 Å². The highest BCUT2D eigenvalue weighted by Crippen LogP contribution is 2.41. The second kappa shape index (κ2) is 6.76. The van der Waals surface area contributed by atoms with Gasteiger partial charge in [0.05, 0.1) is 11.7 Å². The zero-order chi connectivity index (χ0) is 14.7. The predicted octanol–water partition coefficient (Wildman–Crippen LogP) is 4.56. The first kappa shape index (κ1) is 15.4. The van der Waals surface area contributed by atoms with Gasteiger partial charge in [-0.15, -0.1) is 0 Å². The van der Waals surface area contributed by atoms with Crippen molar-refractivity contribution in [3.8, 4) is 0 Å². The molecular formula is C17H23BrFNO. The molecule has 0 radical (unpaired) electrons. The van der Waals surface area contributed by atoms with E-state index in [4.69, 9.17) is 4.74 Å². The van der Waals surface area contributed by atoms with Crippen LogP contribution in [0.4, 0.5) is 4.39 Å². The lowest BCUT2D eigenvalue weighted by molar-refractivity contribution is -0.0624. The number of hydrogen-bond acceptors (Lipinski definition) is 2. The van der Waals surface area contributed by atoms with Crippen LogP contribution in [-0.4, -0.2) is 18.2 Å². The van der Waals surface area contributed by atoms with E-state index in [-0.39, 0.29) is 11.4 Å². The van der Waals surface area contributed by atoms with Gasteiger partial charge >= 0.3 is 0 Å². The van der Waals surface area contributed by atoms with E-state index >= 15 is 0 Å². The summed E-state index contributed by atoms with van der Waals surface area (Å²) in [6.45, 7) is 1.52. The lowest BCUT2D eigenvalue weighted by atomic mass is 9.83. The molecule has 2 fully saturated rings. The van der Waals surface area contributed by atoms with Crippen molar-refractivity contribution in [3.63, 3.8) is 0 Å². The van der Waals surface area contributed by atoms with Crippen LogP contribution in [0.3, 0.4) is 0 Å². The molecule has 4 heteroatoms. The molecule has 1 aliphatic carbocycles. The fourth-order valence-corrected chi connectivity index (χ4v) is 4.04. The van der Waals surface area contributed by atoms with Gasteiger partial charge in [0.25, 0.3) is 0 Å². The predicted molar refractivity (Wildman–Crippen MR) is 85.7 cm³/mol. The van der Waals surface area contributed by atoms with Gasteiger partial charge in [0.1, 0.15) is 5.82 Å². The summed E-state index contributed by atoms with van der Waals surface area (Å²) in [6, 6.07) is 4.81. The molecule has 1 aromatic carbocycles. The minimum Gasteiger partial charge on any atom is -0.370 e. The van der Waals surface area contributed by atoms with Crippen LogP contribution in [-0.2, 0) is 11.3 Å². The molecule has 21 heavy (non-hydrogen) atoms. The average Bonchev–Trinajstić information content (AvgIpc) is 2.86. The molecule has 0 aromatic heterocycles. The Hall–Kier alpha value is -0.450. The van der Waals surface area contributed by atoms with Crippen molar-refractivity contribution in [2.45, 2.75) is 63.2 Å². The molecule has 1 saturated heterocycles. The van der Waals surface area contributed by atoms with Crippen molar-refractivity contribution < 1.29 is 9.13 Å². The van der Waals surface area contributed by atoms with Crippen molar-refractivity contribution in [1.29, 1.82) is 0 Å². The maximum Gasteiger partial charge on any atom is 0.123 e. The van der Waals surface area contributed by atoms with E-state index in [1.54, 1.807) is 12.1 Å². The smallest absolute Gasteiger partial charge is 0.123 e. The van der Waals surface area contributed by atoms with Crippen LogP contribution in [0.15, 0.2) is 22.7 Å². The zero-order valence-corrected chi connectivity index (χ0v) is 13.9. The summed E-state index contributed by atoms with van der Waals surface area (Å²) in [7, 11) is 0. The van der Waals surface area contributed by atoms with Crippen LogP contribution in [0.25, 0.3) is 0 Å². The van der Waals surface area contributed by atoms with Crippen molar-refractivity contribution in [1.82, 2.24) is 5.32 Å². The molecule has 0 amide bonds. The summed E-state index contributed by atoms with van der Waals surface area (Å²) in [5.74, 6) is -0.187. The van der Waals surface area contributed by atoms with Gasteiger partial charge in [-0.1, -0.05) is 35.2 Å². The summed E-state index contributed by atoms with van der Waals surface area (Å²) in [4.78, 5) is 0. The number of hydrogen-bond donors (Lipinski definition) is 1. The first-order valence-electron chi connectivity index (χ1n) is 7.99. The topological polar surface area (TPSA) is 21.3 Å².